The summed E-state index contributed by atoms with van der Waals surface area (Å²) in [5.74, 6) is -0.181. The lowest BCUT2D eigenvalue weighted by atomic mass is 10.2. The van der Waals surface area contributed by atoms with Crippen molar-refractivity contribution < 1.29 is 4.39 Å². The average Bonchev–Trinajstić information content (AvgIpc) is 1.77. The van der Waals surface area contributed by atoms with Gasteiger partial charge in [-0.15, -0.1) is 12.6 Å². The van der Waals surface area contributed by atoms with Gasteiger partial charge in [0, 0.05) is 4.91 Å². The van der Waals surface area contributed by atoms with Crippen molar-refractivity contribution in [1.29, 1.82) is 0 Å². The molecule has 2 heteroatoms. The molecule has 0 saturated carbocycles. The van der Waals surface area contributed by atoms with Gasteiger partial charge in [-0.3, -0.25) is 0 Å². The molecule has 0 aromatic heterocycles. The minimum Gasteiger partial charge on any atom is -0.206 e. The Morgan fingerprint density at radius 1 is 1.38 bits per heavy atom. The molecule has 1 aliphatic rings. The molecule has 0 aliphatic heterocycles. The van der Waals surface area contributed by atoms with Gasteiger partial charge in [-0.1, -0.05) is 6.08 Å². The number of thiol groups is 1. The molecule has 1 rings (SSSR count). The van der Waals surface area contributed by atoms with Crippen molar-refractivity contribution in [3.63, 3.8) is 0 Å². The monoisotopic (exact) mass is 130 g/mol. The summed E-state index contributed by atoms with van der Waals surface area (Å²) in [5.41, 5.74) is 0. The fourth-order valence-corrected chi connectivity index (χ4v) is 0.853. The van der Waals surface area contributed by atoms with Crippen LogP contribution in [0.4, 0.5) is 4.39 Å². The first-order valence-corrected chi connectivity index (χ1v) is 3.00. The van der Waals surface area contributed by atoms with Gasteiger partial charge in [0.15, 0.2) is 0 Å². The van der Waals surface area contributed by atoms with E-state index < -0.39 is 0 Å². The van der Waals surface area contributed by atoms with Gasteiger partial charge in [0.05, 0.1) is 0 Å². The lowest BCUT2D eigenvalue weighted by Crippen LogP contribution is -1.81. The van der Waals surface area contributed by atoms with Gasteiger partial charge in [0.1, 0.15) is 5.83 Å². The predicted molar refractivity (Wildman–Crippen MR) is 35.5 cm³/mol. The molecule has 0 bridgehead atoms. The summed E-state index contributed by atoms with van der Waals surface area (Å²) < 4.78 is 12.3. The summed E-state index contributed by atoms with van der Waals surface area (Å²) in [6, 6.07) is 0. The predicted octanol–water partition coefficient (Wildman–Crippen LogP) is 2.45. The first kappa shape index (κ1) is 5.89. The van der Waals surface area contributed by atoms with Gasteiger partial charge in [0.2, 0.25) is 0 Å². The third-order valence-electron chi connectivity index (χ3n) is 1.07. The number of rotatable bonds is 0. The molecule has 0 N–H and O–H groups in total. The number of hydrogen-bond donors (Lipinski definition) is 1. The zero-order valence-electron chi connectivity index (χ0n) is 4.39. The van der Waals surface area contributed by atoms with E-state index in [4.69, 9.17) is 0 Å². The van der Waals surface area contributed by atoms with Gasteiger partial charge >= 0.3 is 0 Å². The Morgan fingerprint density at radius 2 is 2.00 bits per heavy atom. The number of halogens is 1. The lowest BCUT2D eigenvalue weighted by Gasteiger charge is -2.00. The van der Waals surface area contributed by atoms with Gasteiger partial charge < -0.3 is 0 Å². The Labute approximate surface area is 53.5 Å². The molecule has 0 aromatic rings. The van der Waals surface area contributed by atoms with Crippen molar-refractivity contribution in [2.45, 2.75) is 12.8 Å². The zero-order chi connectivity index (χ0) is 5.98. The Bertz CT molecular complexity index is 129. The highest BCUT2D eigenvalue weighted by molar-refractivity contribution is 7.84. The summed E-state index contributed by atoms with van der Waals surface area (Å²) in [7, 11) is 0. The number of hydrogen-bond acceptors (Lipinski definition) is 1. The summed E-state index contributed by atoms with van der Waals surface area (Å²) in [6.45, 7) is 0. The van der Waals surface area contributed by atoms with Gasteiger partial charge in [0.25, 0.3) is 0 Å². The molecule has 0 radical (unpaired) electrons. The van der Waals surface area contributed by atoms with Gasteiger partial charge in [-0.2, -0.15) is 0 Å². The van der Waals surface area contributed by atoms with E-state index in [1.807, 2.05) is 0 Å². The zero-order valence-corrected chi connectivity index (χ0v) is 5.29. The molecule has 0 unspecified atom stereocenters. The quantitative estimate of drug-likeness (QED) is 0.478. The molecule has 0 aromatic carbocycles. The Morgan fingerprint density at radius 3 is 2.38 bits per heavy atom. The van der Waals surface area contributed by atoms with E-state index in [9.17, 15) is 4.39 Å². The minimum absolute atomic E-state index is 0.181. The molecule has 44 valence electrons. The van der Waals surface area contributed by atoms with Crippen LogP contribution < -0.4 is 0 Å². The van der Waals surface area contributed by atoms with Crippen LogP contribution in [-0.2, 0) is 0 Å². The highest BCUT2D eigenvalue weighted by atomic mass is 32.1. The van der Waals surface area contributed by atoms with Crippen LogP contribution in [0.15, 0.2) is 22.9 Å². The first-order chi connectivity index (χ1) is 3.80. The standard InChI is InChI=1S/C6H7FS/c7-5-3-1-2-4-6(5)8/h3-4,8H,1-2H2. The summed E-state index contributed by atoms with van der Waals surface area (Å²) >= 11 is 3.87. The van der Waals surface area contributed by atoms with E-state index >= 15 is 0 Å². The second-order valence-electron chi connectivity index (χ2n) is 1.72. The highest BCUT2D eigenvalue weighted by Crippen LogP contribution is 2.21. The first-order valence-electron chi connectivity index (χ1n) is 2.56. The van der Waals surface area contributed by atoms with Crippen LogP contribution in [0.5, 0.6) is 0 Å². The fraction of sp³-hybridized carbons (Fsp3) is 0.333. The molecular weight excluding hydrogens is 123 g/mol. The maximum Gasteiger partial charge on any atom is 0.132 e. The van der Waals surface area contributed by atoms with Crippen LogP contribution in [0.3, 0.4) is 0 Å². The molecule has 1 aliphatic carbocycles. The van der Waals surface area contributed by atoms with E-state index in [0.717, 1.165) is 12.8 Å². The van der Waals surface area contributed by atoms with E-state index in [-0.39, 0.29) is 5.83 Å². The Hall–Kier alpha value is -0.240. The van der Waals surface area contributed by atoms with Crippen LogP contribution >= 0.6 is 12.6 Å². The van der Waals surface area contributed by atoms with Crippen molar-refractivity contribution in [1.82, 2.24) is 0 Å². The SMILES string of the molecule is FC1=CCCC=C1S. The van der Waals surface area contributed by atoms with Crippen molar-refractivity contribution >= 4 is 12.6 Å². The van der Waals surface area contributed by atoms with Crippen LogP contribution in [0, 0.1) is 0 Å². The minimum atomic E-state index is -0.181. The normalized spacial score (nSPS) is 19.8. The molecule has 0 heterocycles. The molecule has 8 heavy (non-hydrogen) atoms. The largest absolute Gasteiger partial charge is 0.206 e. The van der Waals surface area contributed by atoms with Gasteiger partial charge in [-0.05, 0) is 18.9 Å². The lowest BCUT2D eigenvalue weighted by molar-refractivity contribution is 0.649. The summed E-state index contributed by atoms with van der Waals surface area (Å²) in [4.78, 5) is 0.483. The maximum atomic E-state index is 12.3. The van der Waals surface area contributed by atoms with E-state index in [0.29, 0.717) is 4.91 Å². The third kappa shape index (κ3) is 1.13. The smallest absolute Gasteiger partial charge is 0.132 e. The topological polar surface area (TPSA) is 0 Å². The van der Waals surface area contributed by atoms with E-state index in [1.165, 1.54) is 0 Å². The van der Waals surface area contributed by atoms with E-state index in [2.05, 4.69) is 12.6 Å². The second-order valence-corrected chi connectivity index (χ2v) is 2.20. The summed E-state index contributed by atoms with van der Waals surface area (Å²) in [5, 5.41) is 0. The molecule has 0 saturated heterocycles. The molecule has 0 fully saturated rings. The van der Waals surface area contributed by atoms with Crippen molar-refractivity contribution in [2.24, 2.45) is 0 Å². The van der Waals surface area contributed by atoms with Crippen LogP contribution in [0.1, 0.15) is 12.8 Å². The van der Waals surface area contributed by atoms with Crippen LogP contribution in [-0.4, -0.2) is 0 Å². The maximum absolute atomic E-state index is 12.3. The average molecular weight is 130 g/mol. The fourth-order valence-electron chi connectivity index (χ4n) is 0.632. The molecular formula is C6H7FS. The third-order valence-corrected chi connectivity index (χ3v) is 1.47. The second kappa shape index (κ2) is 2.35. The van der Waals surface area contributed by atoms with E-state index in [1.54, 1.807) is 12.2 Å². The molecule has 0 amide bonds. The Balaban J connectivity index is 2.73. The molecule has 0 nitrogen and oxygen atoms in total. The van der Waals surface area contributed by atoms with Gasteiger partial charge in [-0.25, -0.2) is 4.39 Å². The molecule has 0 atom stereocenters. The van der Waals surface area contributed by atoms with Crippen molar-refractivity contribution in [3.8, 4) is 0 Å². The Kier molecular flexibility index (Phi) is 1.73. The number of allylic oxidation sites excluding steroid dienone is 3. The highest BCUT2D eigenvalue weighted by Gasteiger charge is 2.01. The molecule has 0 spiro atoms. The van der Waals surface area contributed by atoms with Crippen LogP contribution in [0.25, 0.3) is 0 Å². The summed E-state index contributed by atoms with van der Waals surface area (Å²) in [6.07, 6.45) is 5.09. The van der Waals surface area contributed by atoms with Crippen molar-refractivity contribution in [2.75, 3.05) is 0 Å². The van der Waals surface area contributed by atoms with Crippen molar-refractivity contribution in [3.05, 3.63) is 22.9 Å². The van der Waals surface area contributed by atoms with Crippen LogP contribution in [0.2, 0.25) is 0 Å².